The van der Waals surface area contributed by atoms with E-state index >= 15 is 0 Å². The van der Waals surface area contributed by atoms with Gasteiger partial charge in [-0.1, -0.05) is 20.3 Å². The van der Waals surface area contributed by atoms with E-state index in [0.717, 1.165) is 0 Å². The molecule has 0 aliphatic heterocycles. The average Bonchev–Trinajstić information content (AvgIpc) is 2.84. The molecular weight excluding hydrogens is 162 g/mol. The number of rotatable bonds is 4. The van der Waals surface area contributed by atoms with E-state index in [1.165, 1.54) is 31.5 Å². The van der Waals surface area contributed by atoms with Crippen LogP contribution < -0.4 is 0 Å². The minimum absolute atomic E-state index is 0.563. The van der Waals surface area contributed by atoms with Crippen LogP contribution in [-0.2, 0) is 0 Å². The van der Waals surface area contributed by atoms with Crippen molar-refractivity contribution in [2.75, 3.05) is 0 Å². The minimum atomic E-state index is 0.563. The second kappa shape index (κ2) is 3.48. The standard InChI is InChI=1S/C10H17N3/c1-3-4-8(2)10-12-11-7-13(10)9-5-6-9/h7-9H,3-6H2,1-2H3. The van der Waals surface area contributed by atoms with Gasteiger partial charge in [-0.2, -0.15) is 0 Å². The van der Waals surface area contributed by atoms with E-state index in [9.17, 15) is 0 Å². The zero-order valence-corrected chi connectivity index (χ0v) is 8.40. The fraction of sp³-hybridized carbons (Fsp3) is 0.800. The van der Waals surface area contributed by atoms with Crippen molar-refractivity contribution in [3.05, 3.63) is 12.2 Å². The Hall–Kier alpha value is -0.860. The lowest BCUT2D eigenvalue weighted by atomic mass is 10.1. The largest absolute Gasteiger partial charge is 0.314 e. The van der Waals surface area contributed by atoms with Crippen LogP contribution in [0.2, 0.25) is 0 Å². The summed E-state index contributed by atoms with van der Waals surface area (Å²) in [6.07, 6.45) is 6.94. The summed E-state index contributed by atoms with van der Waals surface area (Å²) in [4.78, 5) is 0. The van der Waals surface area contributed by atoms with Crippen LogP contribution in [0.3, 0.4) is 0 Å². The first-order valence-electron chi connectivity index (χ1n) is 5.22. The van der Waals surface area contributed by atoms with Gasteiger partial charge in [0.15, 0.2) is 0 Å². The maximum absolute atomic E-state index is 4.21. The molecule has 13 heavy (non-hydrogen) atoms. The van der Waals surface area contributed by atoms with Gasteiger partial charge in [-0.05, 0) is 19.3 Å². The third kappa shape index (κ3) is 1.74. The second-order valence-corrected chi connectivity index (χ2v) is 4.02. The van der Waals surface area contributed by atoms with E-state index in [0.29, 0.717) is 12.0 Å². The zero-order valence-electron chi connectivity index (χ0n) is 8.40. The molecule has 1 unspecified atom stereocenters. The van der Waals surface area contributed by atoms with E-state index < -0.39 is 0 Å². The highest BCUT2D eigenvalue weighted by Crippen LogP contribution is 2.37. The Morgan fingerprint density at radius 1 is 1.62 bits per heavy atom. The summed E-state index contributed by atoms with van der Waals surface area (Å²) in [5.74, 6) is 1.75. The SMILES string of the molecule is CCCC(C)c1nncn1C1CC1. The molecule has 0 saturated heterocycles. The molecule has 72 valence electrons. The summed E-state index contributed by atoms with van der Waals surface area (Å²) < 4.78 is 2.26. The highest BCUT2D eigenvalue weighted by atomic mass is 15.3. The van der Waals surface area contributed by atoms with Crippen molar-refractivity contribution in [1.82, 2.24) is 14.8 Å². The van der Waals surface area contributed by atoms with Crippen LogP contribution in [0.15, 0.2) is 6.33 Å². The predicted octanol–water partition coefficient (Wildman–Crippen LogP) is 2.52. The predicted molar refractivity (Wildman–Crippen MR) is 51.6 cm³/mol. The van der Waals surface area contributed by atoms with Crippen LogP contribution in [0.25, 0.3) is 0 Å². The summed E-state index contributed by atoms with van der Waals surface area (Å²) in [6, 6.07) is 0.712. The molecule has 1 atom stereocenters. The first kappa shape index (κ1) is 8.73. The second-order valence-electron chi connectivity index (χ2n) is 4.02. The Morgan fingerprint density at radius 2 is 2.38 bits per heavy atom. The Balaban J connectivity index is 2.13. The number of aromatic nitrogens is 3. The molecule has 1 heterocycles. The molecular formula is C10H17N3. The van der Waals surface area contributed by atoms with Gasteiger partial charge < -0.3 is 4.57 Å². The molecule has 3 heteroatoms. The Kier molecular flexibility index (Phi) is 2.34. The smallest absolute Gasteiger partial charge is 0.135 e. The lowest BCUT2D eigenvalue weighted by Gasteiger charge is -2.10. The van der Waals surface area contributed by atoms with E-state index in [4.69, 9.17) is 0 Å². The molecule has 0 amide bonds. The van der Waals surface area contributed by atoms with Crippen molar-refractivity contribution in [2.45, 2.75) is 51.5 Å². The van der Waals surface area contributed by atoms with Gasteiger partial charge in [-0.3, -0.25) is 0 Å². The highest BCUT2D eigenvalue weighted by molar-refractivity contribution is 4.99. The number of nitrogens with zero attached hydrogens (tertiary/aromatic N) is 3. The highest BCUT2D eigenvalue weighted by Gasteiger charge is 2.27. The molecule has 1 aliphatic carbocycles. The van der Waals surface area contributed by atoms with Gasteiger partial charge in [0.05, 0.1) is 0 Å². The first-order chi connectivity index (χ1) is 6.33. The third-order valence-corrected chi connectivity index (χ3v) is 2.70. The Bertz CT molecular complexity index is 275. The van der Waals surface area contributed by atoms with Crippen LogP contribution in [0.1, 0.15) is 57.3 Å². The lowest BCUT2D eigenvalue weighted by Crippen LogP contribution is -2.04. The Labute approximate surface area is 79.2 Å². The molecule has 1 fully saturated rings. The van der Waals surface area contributed by atoms with Gasteiger partial charge >= 0.3 is 0 Å². The van der Waals surface area contributed by atoms with Gasteiger partial charge in [-0.15, -0.1) is 10.2 Å². The molecule has 2 rings (SSSR count). The van der Waals surface area contributed by atoms with Gasteiger partial charge in [0, 0.05) is 12.0 Å². The van der Waals surface area contributed by atoms with Crippen molar-refractivity contribution in [1.29, 1.82) is 0 Å². The average molecular weight is 179 g/mol. The van der Waals surface area contributed by atoms with Crippen molar-refractivity contribution < 1.29 is 0 Å². The molecule has 0 spiro atoms. The fourth-order valence-electron chi connectivity index (χ4n) is 1.80. The summed E-state index contributed by atoms with van der Waals surface area (Å²) >= 11 is 0. The van der Waals surface area contributed by atoms with Gasteiger partial charge in [0.25, 0.3) is 0 Å². The van der Waals surface area contributed by atoms with Crippen molar-refractivity contribution in [3.63, 3.8) is 0 Å². The molecule has 0 radical (unpaired) electrons. The van der Waals surface area contributed by atoms with Crippen LogP contribution in [0.4, 0.5) is 0 Å². The van der Waals surface area contributed by atoms with Crippen molar-refractivity contribution in [3.8, 4) is 0 Å². The maximum atomic E-state index is 4.21. The molecule has 0 N–H and O–H groups in total. The first-order valence-corrected chi connectivity index (χ1v) is 5.22. The monoisotopic (exact) mass is 179 g/mol. The van der Waals surface area contributed by atoms with Crippen molar-refractivity contribution >= 4 is 0 Å². The van der Waals surface area contributed by atoms with E-state index in [2.05, 4.69) is 28.6 Å². The van der Waals surface area contributed by atoms with Gasteiger partial charge in [-0.25, -0.2) is 0 Å². The van der Waals surface area contributed by atoms with Crippen LogP contribution >= 0.6 is 0 Å². The molecule has 0 aromatic carbocycles. The quantitative estimate of drug-likeness (QED) is 0.711. The Morgan fingerprint density at radius 3 is 3.00 bits per heavy atom. The molecule has 1 aromatic rings. The number of hydrogen-bond acceptors (Lipinski definition) is 2. The van der Waals surface area contributed by atoms with Gasteiger partial charge in [0.1, 0.15) is 12.2 Å². The fourth-order valence-corrected chi connectivity index (χ4v) is 1.80. The number of hydrogen-bond donors (Lipinski definition) is 0. The third-order valence-electron chi connectivity index (χ3n) is 2.70. The topological polar surface area (TPSA) is 30.7 Å². The maximum Gasteiger partial charge on any atom is 0.135 e. The normalized spacial score (nSPS) is 18.9. The summed E-state index contributed by atoms with van der Waals surface area (Å²) in [6.45, 7) is 4.46. The zero-order chi connectivity index (χ0) is 9.26. The van der Waals surface area contributed by atoms with Crippen LogP contribution in [0.5, 0.6) is 0 Å². The van der Waals surface area contributed by atoms with Crippen molar-refractivity contribution in [2.24, 2.45) is 0 Å². The van der Waals surface area contributed by atoms with E-state index in [-0.39, 0.29) is 0 Å². The molecule has 1 saturated carbocycles. The summed E-state index contributed by atoms with van der Waals surface area (Å²) in [5.41, 5.74) is 0. The minimum Gasteiger partial charge on any atom is -0.314 e. The molecule has 1 aliphatic rings. The molecule has 0 bridgehead atoms. The van der Waals surface area contributed by atoms with Gasteiger partial charge in [0.2, 0.25) is 0 Å². The van der Waals surface area contributed by atoms with E-state index in [1.54, 1.807) is 0 Å². The van der Waals surface area contributed by atoms with Crippen LogP contribution in [-0.4, -0.2) is 14.8 Å². The van der Waals surface area contributed by atoms with E-state index in [1.807, 2.05) is 6.33 Å². The lowest BCUT2D eigenvalue weighted by molar-refractivity contribution is 0.572. The summed E-state index contributed by atoms with van der Waals surface area (Å²) in [5, 5.41) is 8.21. The van der Waals surface area contributed by atoms with Crippen LogP contribution in [0, 0.1) is 0 Å². The summed E-state index contributed by atoms with van der Waals surface area (Å²) in [7, 11) is 0. The molecule has 3 nitrogen and oxygen atoms in total. The molecule has 1 aromatic heterocycles.